The number of carbonyl (C=O) groups is 1. The molecule has 0 atom stereocenters. The Balaban J connectivity index is 2.39. The minimum absolute atomic E-state index is 0.175. The smallest absolute Gasteiger partial charge is 0.338 e. The van der Waals surface area contributed by atoms with Crippen molar-refractivity contribution in [2.24, 2.45) is 0 Å². The number of rotatable bonds is 3. The molecule has 5 heteroatoms. The van der Waals surface area contributed by atoms with Crippen LogP contribution in [-0.2, 0) is 4.74 Å². The largest absolute Gasteiger partial charge is 0.462 e. The van der Waals surface area contributed by atoms with Gasteiger partial charge in [-0.1, -0.05) is 6.07 Å². The minimum Gasteiger partial charge on any atom is -0.462 e. The van der Waals surface area contributed by atoms with Gasteiger partial charge in [-0.3, -0.25) is 9.89 Å². The zero-order chi connectivity index (χ0) is 12.3. The van der Waals surface area contributed by atoms with Crippen LogP contribution in [0.3, 0.4) is 0 Å². The lowest BCUT2D eigenvalue weighted by Gasteiger charge is -2.05. The summed E-state index contributed by atoms with van der Waals surface area (Å²) in [6, 6.07) is 8.11. The molecule has 2 rings (SSSR count). The van der Waals surface area contributed by atoms with Crippen LogP contribution in [0.5, 0.6) is 0 Å². The summed E-state index contributed by atoms with van der Waals surface area (Å²) in [5, 5.41) is 2.77. The summed E-state index contributed by atoms with van der Waals surface area (Å²) in [7, 11) is 0. The highest BCUT2D eigenvalue weighted by molar-refractivity contribution is 5.90. The van der Waals surface area contributed by atoms with Gasteiger partial charge in [0.15, 0.2) is 0 Å². The number of hydrogen-bond donors (Lipinski definition) is 1. The number of hydrogen-bond acceptors (Lipinski definition) is 3. The Hall–Kier alpha value is -2.30. The van der Waals surface area contributed by atoms with E-state index in [4.69, 9.17) is 4.74 Å². The Kier molecular flexibility index (Phi) is 3.09. The lowest BCUT2D eigenvalue weighted by molar-refractivity contribution is 0.0526. The number of nitrogens with zero attached hydrogens (tertiary/aromatic N) is 1. The molecule has 1 aromatic heterocycles. The van der Waals surface area contributed by atoms with Gasteiger partial charge in [-0.25, -0.2) is 9.48 Å². The highest BCUT2D eigenvalue weighted by Gasteiger charge is 2.08. The summed E-state index contributed by atoms with van der Waals surface area (Å²) in [4.78, 5) is 23.0. The number of nitrogens with one attached hydrogen (secondary N) is 1. The molecule has 0 saturated heterocycles. The van der Waals surface area contributed by atoms with Gasteiger partial charge in [0, 0.05) is 12.3 Å². The van der Waals surface area contributed by atoms with Crippen molar-refractivity contribution in [3.05, 3.63) is 52.4 Å². The molecular weight excluding hydrogens is 220 g/mol. The number of benzene rings is 1. The van der Waals surface area contributed by atoms with Crippen molar-refractivity contribution in [1.82, 2.24) is 9.78 Å². The molecule has 0 spiro atoms. The number of carbonyl (C=O) groups excluding carboxylic acids is 1. The second kappa shape index (κ2) is 4.69. The fraction of sp³-hybridized carbons (Fsp3) is 0.167. The molecule has 17 heavy (non-hydrogen) atoms. The van der Waals surface area contributed by atoms with Crippen molar-refractivity contribution in [3.8, 4) is 5.69 Å². The maximum absolute atomic E-state index is 11.5. The van der Waals surface area contributed by atoms with E-state index in [1.807, 2.05) is 0 Å². The van der Waals surface area contributed by atoms with Crippen LogP contribution < -0.4 is 5.56 Å². The Labute approximate surface area is 97.6 Å². The van der Waals surface area contributed by atoms with Gasteiger partial charge < -0.3 is 4.74 Å². The molecule has 0 amide bonds. The number of ether oxygens (including phenoxy) is 1. The zero-order valence-corrected chi connectivity index (χ0v) is 9.34. The van der Waals surface area contributed by atoms with Crippen LogP contribution in [0, 0.1) is 0 Å². The van der Waals surface area contributed by atoms with Gasteiger partial charge in [0.05, 0.1) is 17.9 Å². The molecule has 1 heterocycles. The van der Waals surface area contributed by atoms with Crippen LogP contribution in [0.15, 0.2) is 41.3 Å². The SMILES string of the molecule is CCOC(=O)c1cccc(-n2[nH]ccc2=O)c1. The summed E-state index contributed by atoms with van der Waals surface area (Å²) in [6.45, 7) is 2.07. The normalized spacial score (nSPS) is 10.2. The first-order valence-electron chi connectivity index (χ1n) is 5.26. The molecule has 0 radical (unpaired) electrons. The lowest BCUT2D eigenvalue weighted by atomic mass is 10.2. The van der Waals surface area contributed by atoms with Crippen molar-refractivity contribution >= 4 is 5.97 Å². The molecule has 0 saturated carbocycles. The topological polar surface area (TPSA) is 64.1 Å². The zero-order valence-electron chi connectivity index (χ0n) is 9.34. The third-order valence-corrected chi connectivity index (χ3v) is 2.27. The van der Waals surface area contributed by atoms with Crippen molar-refractivity contribution < 1.29 is 9.53 Å². The van der Waals surface area contributed by atoms with Crippen LogP contribution in [0.2, 0.25) is 0 Å². The number of aromatic nitrogens is 2. The first kappa shape index (κ1) is 11.2. The van der Waals surface area contributed by atoms with E-state index in [9.17, 15) is 9.59 Å². The molecule has 1 N–H and O–H groups in total. The molecule has 0 aliphatic carbocycles. The van der Waals surface area contributed by atoms with Crippen molar-refractivity contribution in [3.63, 3.8) is 0 Å². The van der Waals surface area contributed by atoms with Crippen LogP contribution in [-0.4, -0.2) is 22.4 Å². The maximum Gasteiger partial charge on any atom is 0.338 e. The average molecular weight is 232 g/mol. The average Bonchev–Trinajstić information content (AvgIpc) is 2.76. The molecule has 1 aromatic carbocycles. The van der Waals surface area contributed by atoms with Crippen LogP contribution in [0.25, 0.3) is 5.69 Å². The van der Waals surface area contributed by atoms with Crippen molar-refractivity contribution in [2.75, 3.05) is 6.61 Å². The van der Waals surface area contributed by atoms with Gasteiger partial charge >= 0.3 is 5.97 Å². The second-order valence-electron chi connectivity index (χ2n) is 3.41. The monoisotopic (exact) mass is 232 g/mol. The first-order valence-corrected chi connectivity index (χ1v) is 5.26. The Morgan fingerprint density at radius 2 is 2.24 bits per heavy atom. The minimum atomic E-state index is -0.394. The Morgan fingerprint density at radius 3 is 2.88 bits per heavy atom. The van der Waals surface area contributed by atoms with E-state index in [0.29, 0.717) is 17.9 Å². The molecule has 0 fully saturated rings. The number of H-pyrrole nitrogens is 1. The lowest BCUT2D eigenvalue weighted by Crippen LogP contribution is -2.14. The van der Waals surface area contributed by atoms with E-state index in [1.165, 1.54) is 10.7 Å². The molecule has 2 aromatic rings. The quantitative estimate of drug-likeness (QED) is 0.812. The fourth-order valence-electron chi connectivity index (χ4n) is 1.51. The fourth-order valence-corrected chi connectivity index (χ4v) is 1.51. The molecule has 88 valence electrons. The number of esters is 1. The van der Waals surface area contributed by atoms with Gasteiger partial charge in [-0.15, -0.1) is 0 Å². The third kappa shape index (κ3) is 2.28. The van der Waals surface area contributed by atoms with Crippen molar-refractivity contribution in [1.29, 1.82) is 0 Å². The summed E-state index contributed by atoms with van der Waals surface area (Å²) in [5.74, 6) is -0.394. The van der Waals surface area contributed by atoms with Gasteiger partial charge in [-0.05, 0) is 25.1 Å². The van der Waals surface area contributed by atoms with E-state index in [1.54, 1.807) is 37.4 Å². The summed E-state index contributed by atoms with van der Waals surface area (Å²) in [6.07, 6.45) is 1.54. The van der Waals surface area contributed by atoms with Crippen LogP contribution in [0.1, 0.15) is 17.3 Å². The molecular formula is C12H12N2O3. The van der Waals surface area contributed by atoms with Gasteiger partial charge in [0.2, 0.25) is 0 Å². The van der Waals surface area contributed by atoms with Crippen LogP contribution >= 0.6 is 0 Å². The maximum atomic E-state index is 11.5. The van der Waals surface area contributed by atoms with E-state index in [-0.39, 0.29) is 5.56 Å². The summed E-state index contributed by atoms with van der Waals surface area (Å²) in [5.41, 5.74) is 0.849. The Morgan fingerprint density at radius 1 is 1.41 bits per heavy atom. The van der Waals surface area contributed by atoms with Gasteiger partial charge in [0.1, 0.15) is 0 Å². The predicted molar refractivity (Wildman–Crippen MR) is 62.3 cm³/mol. The molecule has 0 unspecified atom stereocenters. The molecule has 5 nitrogen and oxygen atoms in total. The Bertz CT molecular complexity index is 583. The van der Waals surface area contributed by atoms with E-state index in [2.05, 4.69) is 5.10 Å². The van der Waals surface area contributed by atoms with E-state index < -0.39 is 5.97 Å². The first-order chi connectivity index (χ1) is 8.22. The van der Waals surface area contributed by atoms with Crippen molar-refractivity contribution in [2.45, 2.75) is 6.92 Å². The summed E-state index contributed by atoms with van der Waals surface area (Å²) >= 11 is 0. The standard InChI is InChI=1S/C12H12N2O3/c1-2-17-12(16)9-4-3-5-10(8-9)14-11(15)6-7-13-14/h3-8,13H,2H2,1H3. The van der Waals surface area contributed by atoms with Gasteiger partial charge in [0.25, 0.3) is 5.56 Å². The predicted octanol–water partition coefficient (Wildman–Crippen LogP) is 1.34. The van der Waals surface area contributed by atoms with Crippen LogP contribution in [0.4, 0.5) is 0 Å². The number of aromatic amines is 1. The third-order valence-electron chi connectivity index (χ3n) is 2.27. The second-order valence-corrected chi connectivity index (χ2v) is 3.41. The highest BCUT2D eigenvalue weighted by Crippen LogP contribution is 2.09. The van der Waals surface area contributed by atoms with E-state index >= 15 is 0 Å². The highest BCUT2D eigenvalue weighted by atomic mass is 16.5. The van der Waals surface area contributed by atoms with Gasteiger partial charge in [-0.2, -0.15) is 0 Å². The molecule has 0 bridgehead atoms. The van der Waals surface area contributed by atoms with E-state index in [0.717, 1.165) is 0 Å². The molecule has 0 aliphatic rings. The molecule has 0 aliphatic heterocycles. The summed E-state index contributed by atoms with van der Waals surface area (Å²) < 4.78 is 6.24.